The number of aryl methyl sites for hydroxylation is 1. The fourth-order valence-corrected chi connectivity index (χ4v) is 1.92. The predicted octanol–water partition coefficient (Wildman–Crippen LogP) is 4.39. The van der Waals surface area contributed by atoms with Gasteiger partial charge < -0.3 is 0 Å². The number of rotatable bonds is 3. The summed E-state index contributed by atoms with van der Waals surface area (Å²) in [4.78, 5) is 11.7. The molecular formula is C16H15FO. The van der Waals surface area contributed by atoms with Gasteiger partial charge in [0.25, 0.3) is 0 Å². The monoisotopic (exact) mass is 242 g/mol. The number of hydrogen-bond donors (Lipinski definition) is 0. The topological polar surface area (TPSA) is 17.1 Å². The van der Waals surface area contributed by atoms with Gasteiger partial charge in [0.05, 0.1) is 0 Å². The molecule has 2 aromatic rings. The quantitative estimate of drug-likeness (QED) is 0.729. The summed E-state index contributed by atoms with van der Waals surface area (Å²) in [6.45, 7) is 3.74. The number of hydrogen-bond acceptors (Lipinski definition) is 1. The molecule has 0 N–H and O–H groups in total. The Labute approximate surface area is 106 Å². The number of halogens is 1. The van der Waals surface area contributed by atoms with E-state index in [1.165, 1.54) is 6.07 Å². The Kier molecular flexibility index (Phi) is 3.56. The first-order chi connectivity index (χ1) is 8.61. The Hall–Kier alpha value is -1.96. The second-order valence-corrected chi connectivity index (χ2v) is 4.34. The molecule has 0 saturated heterocycles. The summed E-state index contributed by atoms with van der Waals surface area (Å²) in [5.74, 6) is -0.188. The van der Waals surface area contributed by atoms with E-state index in [1.54, 1.807) is 30.3 Å². The van der Waals surface area contributed by atoms with E-state index in [-0.39, 0.29) is 11.6 Å². The molecule has 2 heteroatoms. The minimum Gasteiger partial charge on any atom is -0.294 e. The lowest BCUT2D eigenvalue weighted by Gasteiger charge is -2.06. The zero-order chi connectivity index (χ0) is 13.1. The zero-order valence-electron chi connectivity index (χ0n) is 10.5. The van der Waals surface area contributed by atoms with Crippen LogP contribution in [0.4, 0.5) is 4.39 Å². The lowest BCUT2D eigenvalue weighted by molar-refractivity contribution is 0.0988. The number of Topliss-reactive ketones (excluding diaryl/α,β-unsaturated/α-hetero) is 1. The van der Waals surface area contributed by atoms with Crippen molar-refractivity contribution in [3.63, 3.8) is 0 Å². The summed E-state index contributed by atoms with van der Waals surface area (Å²) in [5.41, 5.74) is 2.92. The van der Waals surface area contributed by atoms with Crippen molar-refractivity contribution in [1.82, 2.24) is 0 Å². The maximum absolute atomic E-state index is 13.8. The van der Waals surface area contributed by atoms with Gasteiger partial charge in [0, 0.05) is 17.5 Å². The molecule has 18 heavy (non-hydrogen) atoms. The van der Waals surface area contributed by atoms with Gasteiger partial charge in [-0.1, -0.05) is 36.8 Å². The maximum Gasteiger partial charge on any atom is 0.162 e. The largest absolute Gasteiger partial charge is 0.294 e. The van der Waals surface area contributed by atoms with Crippen LogP contribution in [0.5, 0.6) is 0 Å². The molecule has 0 bridgehead atoms. The smallest absolute Gasteiger partial charge is 0.162 e. The number of carbonyl (C=O) groups excluding carboxylic acids is 1. The summed E-state index contributed by atoms with van der Waals surface area (Å²) in [5, 5.41) is 0. The highest BCUT2D eigenvalue weighted by molar-refractivity contribution is 5.97. The Balaban J connectivity index is 2.51. The minimum absolute atomic E-state index is 0.0740. The molecule has 92 valence electrons. The number of carbonyl (C=O) groups is 1. The van der Waals surface area contributed by atoms with Crippen LogP contribution in [0.1, 0.15) is 29.3 Å². The molecule has 0 atom stereocenters. The van der Waals surface area contributed by atoms with Crippen molar-refractivity contribution in [3.05, 3.63) is 59.4 Å². The molecule has 0 unspecified atom stereocenters. The second-order valence-electron chi connectivity index (χ2n) is 4.34. The van der Waals surface area contributed by atoms with Gasteiger partial charge in [0.15, 0.2) is 5.78 Å². The van der Waals surface area contributed by atoms with Crippen molar-refractivity contribution in [2.75, 3.05) is 0 Å². The zero-order valence-corrected chi connectivity index (χ0v) is 10.5. The molecule has 0 fully saturated rings. The van der Waals surface area contributed by atoms with Gasteiger partial charge >= 0.3 is 0 Å². The molecule has 0 saturated carbocycles. The van der Waals surface area contributed by atoms with Gasteiger partial charge in [-0.25, -0.2) is 4.39 Å². The Morgan fingerprint density at radius 3 is 2.67 bits per heavy atom. The molecule has 1 nitrogen and oxygen atoms in total. The highest BCUT2D eigenvalue weighted by Gasteiger charge is 2.08. The van der Waals surface area contributed by atoms with E-state index in [1.807, 2.05) is 19.9 Å². The highest BCUT2D eigenvalue weighted by Crippen LogP contribution is 2.25. The van der Waals surface area contributed by atoms with E-state index < -0.39 is 0 Å². The van der Waals surface area contributed by atoms with Gasteiger partial charge in [0.2, 0.25) is 0 Å². The summed E-state index contributed by atoms with van der Waals surface area (Å²) < 4.78 is 13.8. The van der Waals surface area contributed by atoms with Crippen LogP contribution in [0, 0.1) is 12.7 Å². The Morgan fingerprint density at radius 2 is 1.94 bits per heavy atom. The Bertz CT molecular complexity index is 587. The third-order valence-corrected chi connectivity index (χ3v) is 2.94. The normalized spacial score (nSPS) is 10.4. The molecular weight excluding hydrogens is 227 g/mol. The molecule has 0 radical (unpaired) electrons. The number of benzene rings is 2. The lowest BCUT2D eigenvalue weighted by atomic mass is 9.99. The van der Waals surface area contributed by atoms with Crippen LogP contribution >= 0.6 is 0 Å². The summed E-state index contributed by atoms with van der Waals surface area (Å²) >= 11 is 0. The molecule has 0 spiro atoms. The molecule has 0 aliphatic rings. The fraction of sp³-hybridized carbons (Fsp3) is 0.188. The molecule has 2 rings (SSSR count). The molecule has 0 aromatic heterocycles. The van der Waals surface area contributed by atoms with E-state index in [0.717, 1.165) is 11.1 Å². The van der Waals surface area contributed by atoms with E-state index >= 15 is 0 Å². The van der Waals surface area contributed by atoms with Gasteiger partial charge in [0.1, 0.15) is 5.82 Å². The van der Waals surface area contributed by atoms with Crippen LogP contribution < -0.4 is 0 Å². The third kappa shape index (κ3) is 2.48. The summed E-state index contributed by atoms with van der Waals surface area (Å²) in [6.07, 6.45) is 0.458. The van der Waals surface area contributed by atoms with Crippen LogP contribution in [0.15, 0.2) is 42.5 Å². The van der Waals surface area contributed by atoms with Crippen molar-refractivity contribution in [3.8, 4) is 11.1 Å². The molecule has 0 aliphatic heterocycles. The van der Waals surface area contributed by atoms with Gasteiger partial charge in [-0.2, -0.15) is 0 Å². The Morgan fingerprint density at radius 1 is 1.17 bits per heavy atom. The van der Waals surface area contributed by atoms with E-state index in [0.29, 0.717) is 17.5 Å². The molecule has 2 aromatic carbocycles. The van der Waals surface area contributed by atoms with Crippen LogP contribution in [0.2, 0.25) is 0 Å². The van der Waals surface area contributed by atoms with E-state index in [4.69, 9.17) is 0 Å². The minimum atomic E-state index is -0.262. The second kappa shape index (κ2) is 5.13. The lowest BCUT2D eigenvalue weighted by Crippen LogP contribution is -1.96. The number of ketones is 1. The molecule has 0 heterocycles. The standard InChI is InChI=1S/C16H15FO/c1-3-16(18)13-6-4-5-12(10-13)14-9-11(2)7-8-15(14)17/h4-10H,3H2,1-2H3. The summed E-state index contributed by atoms with van der Waals surface area (Å²) in [6, 6.07) is 12.1. The predicted molar refractivity (Wildman–Crippen MR) is 71.2 cm³/mol. The highest BCUT2D eigenvalue weighted by atomic mass is 19.1. The van der Waals surface area contributed by atoms with Gasteiger partial charge in [-0.15, -0.1) is 0 Å². The maximum atomic E-state index is 13.8. The van der Waals surface area contributed by atoms with Crippen molar-refractivity contribution < 1.29 is 9.18 Å². The fourth-order valence-electron chi connectivity index (χ4n) is 1.92. The van der Waals surface area contributed by atoms with Crippen LogP contribution in [-0.2, 0) is 0 Å². The first-order valence-corrected chi connectivity index (χ1v) is 6.01. The van der Waals surface area contributed by atoms with Crippen molar-refractivity contribution >= 4 is 5.78 Å². The first kappa shape index (κ1) is 12.5. The van der Waals surface area contributed by atoms with Crippen LogP contribution in [-0.4, -0.2) is 5.78 Å². The van der Waals surface area contributed by atoms with Crippen molar-refractivity contribution in [2.45, 2.75) is 20.3 Å². The average Bonchev–Trinajstić information content (AvgIpc) is 2.40. The average molecular weight is 242 g/mol. The van der Waals surface area contributed by atoms with E-state index in [2.05, 4.69) is 0 Å². The molecule has 0 aliphatic carbocycles. The van der Waals surface area contributed by atoms with Gasteiger partial charge in [-0.05, 0) is 30.7 Å². The van der Waals surface area contributed by atoms with E-state index in [9.17, 15) is 9.18 Å². The SMILES string of the molecule is CCC(=O)c1cccc(-c2cc(C)ccc2F)c1. The summed E-state index contributed by atoms with van der Waals surface area (Å²) in [7, 11) is 0. The van der Waals surface area contributed by atoms with Crippen LogP contribution in [0.3, 0.4) is 0 Å². The third-order valence-electron chi connectivity index (χ3n) is 2.94. The first-order valence-electron chi connectivity index (χ1n) is 6.01. The van der Waals surface area contributed by atoms with Crippen molar-refractivity contribution in [1.29, 1.82) is 0 Å². The molecule has 0 amide bonds. The van der Waals surface area contributed by atoms with Crippen molar-refractivity contribution in [2.24, 2.45) is 0 Å². The van der Waals surface area contributed by atoms with Crippen LogP contribution in [0.25, 0.3) is 11.1 Å². The van der Waals surface area contributed by atoms with Gasteiger partial charge in [-0.3, -0.25) is 4.79 Å².